The second-order valence-electron chi connectivity index (χ2n) is 3.39. The molecule has 4 N–H and O–H groups in total. The van der Waals surface area contributed by atoms with Gasteiger partial charge in [0.15, 0.2) is 5.82 Å². The Morgan fingerprint density at radius 2 is 2.12 bits per heavy atom. The van der Waals surface area contributed by atoms with Gasteiger partial charge in [0.05, 0.1) is 5.02 Å². The SMILES string of the molecule is Cc1nc(-c2ccc(Cl)c(F)c2)c(N)n1N. The lowest BCUT2D eigenvalue weighted by molar-refractivity contribution is 0.628. The molecule has 1 heterocycles. The van der Waals surface area contributed by atoms with E-state index in [2.05, 4.69) is 4.98 Å². The van der Waals surface area contributed by atoms with Gasteiger partial charge < -0.3 is 11.6 Å². The molecule has 16 heavy (non-hydrogen) atoms. The van der Waals surface area contributed by atoms with E-state index in [1.807, 2.05) is 0 Å². The summed E-state index contributed by atoms with van der Waals surface area (Å²) in [4.78, 5) is 4.15. The topological polar surface area (TPSA) is 69.9 Å². The smallest absolute Gasteiger partial charge is 0.150 e. The van der Waals surface area contributed by atoms with Crippen LogP contribution >= 0.6 is 11.6 Å². The fourth-order valence-electron chi connectivity index (χ4n) is 1.42. The van der Waals surface area contributed by atoms with Crippen molar-refractivity contribution in [3.8, 4) is 11.3 Å². The highest BCUT2D eigenvalue weighted by Crippen LogP contribution is 2.27. The summed E-state index contributed by atoms with van der Waals surface area (Å²) in [6, 6.07) is 4.38. The monoisotopic (exact) mass is 240 g/mol. The number of nitrogens with zero attached hydrogens (tertiary/aromatic N) is 2. The van der Waals surface area contributed by atoms with E-state index < -0.39 is 5.82 Å². The second-order valence-corrected chi connectivity index (χ2v) is 3.80. The summed E-state index contributed by atoms with van der Waals surface area (Å²) in [5.41, 5.74) is 6.75. The number of rotatable bonds is 1. The molecule has 0 saturated carbocycles. The Balaban J connectivity index is 2.59. The third-order valence-electron chi connectivity index (χ3n) is 2.32. The molecular formula is C10H10ClFN4. The van der Waals surface area contributed by atoms with Gasteiger partial charge in [0, 0.05) is 5.56 Å². The minimum Gasteiger partial charge on any atom is -0.382 e. The van der Waals surface area contributed by atoms with E-state index in [0.717, 1.165) is 0 Å². The van der Waals surface area contributed by atoms with Crippen molar-refractivity contribution >= 4 is 17.4 Å². The lowest BCUT2D eigenvalue weighted by Crippen LogP contribution is -2.13. The molecule has 0 aliphatic heterocycles. The molecule has 0 unspecified atom stereocenters. The van der Waals surface area contributed by atoms with E-state index in [0.29, 0.717) is 22.9 Å². The molecule has 0 spiro atoms. The van der Waals surface area contributed by atoms with E-state index in [-0.39, 0.29) is 5.02 Å². The highest BCUT2D eigenvalue weighted by molar-refractivity contribution is 6.30. The third-order valence-corrected chi connectivity index (χ3v) is 2.62. The Hall–Kier alpha value is -1.75. The molecule has 0 aliphatic carbocycles. The summed E-state index contributed by atoms with van der Waals surface area (Å²) in [5.74, 6) is 5.96. The first-order valence-electron chi connectivity index (χ1n) is 4.56. The van der Waals surface area contributed by atoms with Crippen LogP contribution in [0.1, 0.15) is 5.82 Å². The largest absolute Gasteiger partial charge is 0.382 e. The molecule has 2 rings (SSSR count). The molecule has 0 saturated heterocycles. The number of anilines is 1. The minimum absolute atomic E-state index is 0.0613. The number of imidazole rings is 1. The summed E-state index contributed by atoms with van der Waals surface area (Å²) >= 11 is 5.59. The normalized spacial score (nSPS) is 10.7. The van der Waals surface area contributed by atoms with Gasteiger partial charge in [-0.25, -0.2) is 14.1 Å². The first kappa shape index (κ1) is 10.8. The first-order valence-corrected chi connectivity index (χ1v) is 4.94. The van der Waals surface area contributed by atoms with Gasteiger partial charge in [-0.2, -0.15) is 0 Å². The molecule has 0 atom stereocenters. The summed E-state index contributed by atoms with van der Waals surface area (Å²) in [7, 11) is 0. The van der Waals surface area contributed by atoms with Crippen molar-refractivity contribution in [3.63, 3.8) is 0 Å². The molecule has 0 aliphatic rings. The summed E-state index contributed by atoms with van der Waals surface area (Å²) in [6.07, 6.45) is 0. The van der Waals surface area contributed by atoms with Crippen LogP contribution in [0.15, 0.2) is 18.2 Å². The minimum atomic E-state index is -0.511. The highest BCUT2D eigenvalue weighted by Gasteiger charge is 2.13. The van der Waals surface area contributed by atoms with Crippen molar-refractivity contribution in [1.82, 2.24) is 9.66 Å². The number of aryl methyl sites for hydroxylation is 1. The van der Waals surface area contributed by atoms with Crippen LogP contribution in [0.5, 0.6) is 0 Å². The Labute approximate surface area is 96.6 Å². The summed E-state index contributed by atoms with van der Waals surface area (Å²) in [6.45, 7) is 1.71. The van der Waals surface area contributed by atoms with Crippen LogP contribution in [0.2, 0.25) is 5.02 Å². The molecule has 2 aromatic rings. The average Bonchev–Trinajstić information content (AvgIpc) is 2.50. The lowest BCUT2D eigenvalue weighted by Gasteiger charge is -2.01. The lowest BCUT2D eigenvalue weighted by atomic mass is 10.1. The van der Waals surface area contributed by atoms with Crippen LogP contribution in [0, 0.1) is 12.7 Å². The number of hydrogen-bond acceptors (Lipinski definition) is 3. The van der Waals surface area contributed by atoms with Gasteiger partial charge >= 0.3 is 0 Å². The fraction of sp³-hybridized carbons (Fsp3) is 0.100. The maximum atomic E-state index is 13.3. The Bertz CT molecular complexity index is 550. The van der Waals surface area contributed by atoms with Crippen molar-refractivity contribution < 1.29 is 4.39 Å². The molecule has 4 nitrogen and oxygen atoms in total. The van der Waals surface area contributed by atoms with Crippen molar-refractivity contribution in [1.29, 1.82) is 0 Å². The molecule has 0 bridgehead atoms. The Morgan fingerprint density at radius 3 is 2.62 bits per heavy atom. The molecule has 1 aromatic heterocycles. The summed E-state index contributed by atoms with van der Waals surface area (Å²) < 4.78 is 14.5. The molecule has 0 fully saturated rings. The van der Waals surface area contributed by atoms with Crippen molar-refractivity contribution in [2.75, 3.05) is 11.6 Å². The van der Waals surface area contributed by atoms with Crippen molar-refractivity contribution in [2.24, 2.45) is 0 Å². The van der Waals surface area contributed by atoms with Crippen LogP contribution in [0.4, 0.5) is 10.2 Å². The molecule has 0 radical (unpaired) electrons. The van der Waals surface area contributed by atoms with Gasteiger partial charge in [-0.3, -0.25) is 0 Å². The fourth-order valence-corrected chi connectivity index (χ4v) is 1.53. The maximum absolute atomic E-state index is 13.3. The molecular weight excluding hydrogens is 231 g/mol. The highest BCUT2D eigenvalue weighted by atomic mass is 35.5. The number of hydrogen-bond donors (Lipinski definition) is 2. The van der Waals surface area contributed by atoms with E-state index >= 15 is 0 Å². The van der Waals surface area contributed by atoms with Gasteiger partial charge in [0.25, 0.3) is 0 Å². The first-order chi connectivity index (χ1) is 7.50. The third kappa shape index (κ3) is 1.59. The van der Waals surface area contributed by atoms with E-state index in [1.165, 1.54) is 16.8 Å². The summed E-state index contributed by atoms with van der Waals surface area (Å²) in [5, 5.41) is 0.0613. The number of nitrogens with two attached hydrogens (primary N) is 2. The molecule has 6 heteroatoms. The zero-order chi connectivity index (χ0) is 11.9. The van der Waals surface area contributed by atoms with Crippen LogP contribution in [-0.2, 0) is 0 Å². The van der Waals surface area contributed by atoms with Crippen LogP contribution in [0.25, 0.3) is 11.3 Å². The van der Waals surface area contributed by atoms with Crippen LogP contribution in [-0.4, -0.2) is 9.66 Å². The molecule has 1 aromatic carbocycles. The zero-order valence-electron chi connectivity index (χ0n) is 8.54. The van der Waals surface area contributed by atoms with Gasteiger partial charge in [-0.15, -0.1) is 0 Å². The Kier molecular flexibility index (Phi) is 2.47. The quantitative estimate of drug-likeness (QED) is 0.749. The number of halogens is 2. The standard InChI is InChI=1S/C10H10ClFN4/c1-5-15-9(10(13)16(5)14)6-2-3-7(11)8(12)4-6/h2-4H,13-14H2,1H3. The van der Waals surface area contributed by atoms with Crippen molar-refractivity contribution in [3.05, 3.63) is 34.9 Å². The second kappa shape index (κ2) is 3.68. The number of aromatic nitrogens is 2. The van der Waals surface area contributed by atoms with E-state index in [9.17, 15) is 4.39 Å². The van der Waals surface area contributed by atoms with E-state index in [4.69, 9.17) is 23.2 Å². The van der Waals surface area contributed by atoms with E-state index in [1.54, 1.807) is 13.0 Å². The van der Waals surface area contributed by atoms with Crippen molar-refractivity contribution in [2.45, 2.75) is 6.92 Å². The predicted octanol–water partition coefficient (Wildman–Crippen LogP) is 1.95. The Morgan fingerprint density at radius 1 is 1.44 bits per heavy atom. The van der Waals surface area contributed by atoms with Gasteiger partial charge in [0.2, 0.25) is 0 Å². The number of nitrogen functional groups attached to an aromatic ring is 2. The van der Waals surface area contributed by atoms with Crippen LogP contribution < -0.4 is 11.6 Å². The van der Waals surface area contributed by atoms with Gasteiger partial charge in [-0.05, 0) is 19.1 Å². The zero-order valence-corrected chi connectivity index (χ0v) is 9.29. The predicted molar refractivity (Wildman–Crippen MR) is 61.9 cm³/mol. The molecule has 0 amide bonds. The number of benzene rings is 1. The van der Waals surface area contributed by atoms with Gasteiger partial charge in [0.1, 0.15) is 17.3 Å². The van der Waals surface area contributed by atoms with Crippen LogP contribution in [0.3, 0.4) is 0 Å². The maximum Gasteiger partial charge on any atom is 0.150 e. The average molecular weight is 241 g/mol. The molecule has 84 valence electrons. The van der Waals surface area contributed by atoms with Gasteiger partial charge in [-0.1, -0.05) is 17.7 Å².